The minimum absolute atomic E-state index is 0.254. The quantitative estimate of drug-likeness (QED) is 0.395. The van der Waals surface area contributed by atoms with Gasteiger partial charge in [-0.25, -0.2) is 4.79 Å². The predicted octanol–water partition coefficient (Wildman–Crippen LogP) is 5.32. The molecule has 3 aromatic carbocycles. The predicted molar refractivity (Wildman–Crippen MR) is 134 cm³/mol. The molecule has 0 radical (unpaired) electrons. The van der Waals surface area contributed by atoms with Gasteiger partial charge in [0.1, 0.15) is 5.58 Å². The Morgan fingerprint density at radius 1 is 0.818 bits per heavy atom. The fourth-order valence-corrected chi connectivity index (χ4v) is 5.20. The smallest absolute Gasteiger partial charge is 0.336 e. The Labute approximate surface area is 195 Å². The third-order valence-corrected chi connectivity index (χ3v) is 6.66. The van der Waals surface area contributed by atoms with Crippen molar-refractivity contribution < 1.29 is 4.42 Å². The lowest BCUT2D eigenvalue weighted by Crippen LogP contribution is -2.47. The molecule has 0 unspecified atom stereocenters. The summed E-state index contributed by atoms with van der Waals surface area (Å²) < 4.78 is 5.52. The van der Waals surface area contributed by atoms with Crippen molar-refractivity contribution >= 4 is 11.0 Å². The van der Waals surface area contributed by atoms with Crippen molar-refractivity contribution in [1.82, 2.24) is 9.80 Å². The highest BCUT2D eigenvalue weighted by atomic mass is 16.4. The van der Waals surface area contributed by atoms with E-state index in [-0.39, 0.29) is 11.7 Å². The average molecular weight is 439 g/mol. The molecule has 0 aliphatic carbocycles. The summed E-state index contributed by atoms with van der Waals surface area (Å²) in [5.74, 6) is 0. The Bertz CT molecular complexity index is 1250. The first-order valence-electron chi connectivity index (χ1n) is 11.7. The molecule has 4 nitrogen and oxygen atoms in total. The van der Waals surface area contributed by atoms with E-state index in [1.807, 2.05) is 13.0 Å². The van der Waals surface area contributed by atoms with Crippen molar-refractivity contribution in [3.8, 4) is 0 Å². The van der Waals surface area contributed by atoms with Crippen LogP contribution < -0.4 is 5.63 Å². The summed E-state index contributed by atoms with van der Waals surface area (Å²) in [4.78, 5) is 17.3. The number of piperazine rings is 1. The van der Waals surface area contributed by atoms with E-state index in [4.69, 9.17) is 4.42 Å². The molecule has 1 saturated heterocycles. The van der Waals surface area contributed by atoms with Gasteiger partial charge in [-0.2, -0.15) is 0 Å². The minimum Gasteiger partial charge on any atom is -0.423 e. The zero-order valence-corrected chi connectivity index (χ0v) is 19.3. The summed E-state index contributed by atoms with van der Waals surface area (Å²) in [7, 11) is 0. The molecular formula is C29H30N2O2. The van der Waals surface area contributed by atoms with E-state index in [9.17, 15) is 4.79 Å². The van der Waals surface area contributed by atoms with Crippen molar-refractivity contribution in [3.63, 3.8) is 0 Å². The first-order chi connectivity index (χ1) is 16.1. The third kappa shape index (κ3) is 4.63. The van der Waals surface area contributed by atoms with Crippen molar-refractivity contribution in [3.05, 3.63) is 117 Å². The van der Waals surface area contributed by atoms with Crippen LogP contribution in [0.2, 0.25) is 0 Å². The van der Waals surface area contributed by atoms with Crippen LogP contribution in [0.15, 0.2) is 88.1 Å². The largest absolute Gasteiger partial charge is 0.423 e. The summed E-state index contributed by atoms with van der Waals surface area (Å²) in [6.07, 6.45) is 0. The van der Waals surface area contributed by atoms with Gasteiger partial charge in [-0.15, -0.1) is 0 Å². The Morgan fingerprint density at radius 3 is 2.03 bits per heavy atom. The number of fused-ring (bicyclic) bond motifs is 1. The second kappa shape index (κ2) is 9.34. The molecule has 1 aliphatic heterocycles. The fraction of sp³-hybridized carbons (Fsp3) is 0.276. The van der Waals surface area contributed by atoms with Crippen molar-refractivity contribution in [2.45, 2.75) is 26.4 Å². The van der Waals surface area contributed by atoms with Gasteiger partial charge in [0.15, 0.2) is 0 Å². The van der Waals surface area contributed by atoms with E-state index in [0.717, 1.165) is 54.8 Å². The monoisotopic (exact) mass is 438 g/mol. The molecule has 0 saturated carbocycles. The highest BCUT2D eigenvalue weighted by Crippen LogP contribution is 2.30. The van der Waals surface area contributed by atoms with Crippen LogP contribution in [0.5, 0.6) is 0 Å². The van der Waals surface area contributed by atoms with Gasteiger partial charge in [0, 0.05) is 44.2 Å². The van der Waals surface area contributed by atoms with Crippen LogP contribution >= 0.6 is 0 Å². The third-order valence-electron chi connectivity index (χ3n) is 6.66. The van der Waals surface area contributed by atoms with Crippen molar-refractivity contribution in [1.29, 1.82) is 0 Å². The van der Waals surface area contributed by atoms with Crippen LogP contribution in [0, 0.1) is 13.8 Å². The first kappa shape index (κ1) is 21.6. The van der Waals surface area contributed by atoms with Gasteiger partial charge >= 0.3 is 5.63 Å². The maximum absolute atomic E-state index is 12.2. The Morgan fingerprint density at radius 2 is 1.42 bits per heavy atom. The summed E-state index contributed by atoms with van der Waals surface area (Å²) in [6.45, 7) is 8.78. The van der Waals surface area contributed by atoms with Gasteiger partial charge in [0.2, 0.25) is 0 Å². The maximum atomic E-state index is 12.2. The Hall–Kier alpha value is -3.21. The van der Waals surface area contributed by atoms with Gasteiger partial charge in [-0.3, -0.25) is 9.80 Å². The van der Waals surface area contributed by atoms with E-state index >= 15 is 0 Å². The molecule has 0 bridgehead atoms. The summed E-state index contributed by atoms with van der Waals surface area (Å²) >= 11 is 0. The van der Waals surface area contributed by atoms with Gasteiger partial charge in [-0.1, -0.05) is 66.7 Å². The minimum atomic E-state index is -0.269. The van der Waals surface area contributed by atoms with Crippen LogP contribution in [0.1, 0.15) is 33.9 Å². The number of rotatable bonds is 5. The lowest BCUT2D eigenvalue weighted by Gasteiger charge is -2.40. The van der Waals surface area contributed by atoms with Crippen LogP contribution in [-0.2, 0) is 6.54 Å². The maximum Gasteiger partial charge on any atom is 0.336 e. The van der Waals surface area contributed by atoms with E-state index in [2.05, 4.69) is 83.5 Å². The number of benzene rings is 3. The number of nitrogens with zero attached hydrogens (tertiary/aromatic N) is 2. The SMILES string of the molecule is Cc1cc(C)c2c(CN3CCN(C(c4ccccc4)c4ccccc4)CC3)cc(=O)oc2c1. The molecule has 4 aromatic rings. The molecule has 4 heteroatoms. The van der Waals surface area contributed by atoms with Gasteiger partial charge < -0.3 is 4.42 Å². The molecule has 0 atom stereocenters. The van der Waals surface area contributed by atoms with Gasteiger partial charge in [0.05, 0.1) is 6.04 Å². The molecule has 1 aromatic heterocycles. The van der Waals surface area contributed by atoms with Gasteiger partial charge in [-0.05, 0) is 47.7 Å². The second-order valence-corrected chi connectivity index (χ2v) is 9.08. The average Bonchev–Trinajstić information content (AvgIpc) is 2.81. The molecule has 0 amide bonds. The van der Waals surface area contributed by atoms with Crippen LogP contribution in [0.4, 0.5) is 0 Å². The first-order valence-corrected chi connectivity index (χ1v) is 11.7. The molecule has 5 rings (SSSR count). The van der Waals surface area contributed by atoms with Crippen LogP contribution in [0.3, 0.4) is 0 Å². The molecular weight excluding hydrogens is 408 g/mol. The number of hydrogen-bond donors (Lipinski definition) is 0. The summed E-state index contributed by atoms with van der Waals surface area (Å²) in [5, 5.41) is 1.08. The standard InChI is InChI=1S/C29H30N2O2/c1-21-17-22(2)28-25(19-27(32)33-26(28)18-21)20-30-13-15-31(16-14-30)29(23-9-5-3-6-10-23)24-11-7-4-8-12-24/h3-12,17-19,29H,13-16,20H2,1-2H3. The molecule has 168 valence electrons. The van der Waals surface area contributed by atoms with Crippen molar-refractivity contribution in [2.75, 3.05) is 26.2 Å². The lowest BCUT2D eigenvalue weighted by atomic mass is 9.96. The lowest BCUT2D eigenvalue weighted by molar-refractivity contribution is 0.105. The van der Waals surface area contributed by atoms with E-state index in [0.29, 0.717) is 5.58 Å². The zero-order chi connectivity index (χ0) is 22.8. The Balaban J connectivity index is 1.37. The molecule has 0 N–H and O–H groups in total. The Kier molecular flexibility index (Phi) is 6.12. The van der Waals surface area contributed by atoms with Gasteiger partial charge in [0.25, 0.3) is 0 Å². The summed E-state index contributed by atoms with van der Waals surface area (Å²) in [5.41, 5.74) is 6.42. The molecule has 2 heterocycles. The topological polar surface area (TPSA) is 36.7 Å². The fourth-order valence-electron chi connectivity index (χ4n) is 5.20. The highest BCUT2D eigenvalue weighted by Gasteiger charge is 2.26. The number of hydrogen-bond acceptors (Lipinski definition) is 4. The molecule has 1 aliphatic rings. The van der Waals surface area contributed by atoms with Crippen LogP contribution in [-0.4, -0.2) is 36.0 Å². The van der Waals surface area contributed by atoms with E-state index < -0.39 is 0 Å². The molecule has 1 fully saturated rings. The zero-order valence-electron chi connectivity index (χ0n) is 19.3. The normalized spacial score (nSPS) is 15.4. The van der Waals surface area contributed by atoms with Crippen LogP contribution in [0.25, 0.3) is 11.0 Å². The number of aryl methyl sites for hydroxylation is 2. The highest BCUT2D eigenvalue weighted by molar-refractivity contribution is 5.84. The van der Waals surface area contributed by atoms with E-state index in [1.54, 1.807) is 6.07 Å². The van der Waals surface area contributed by atoms with Crippen molar-refractivity contribution in [2.24, 2.45) is 0 Å². The molecule has 0 spiro atoms. The second-order valence-electron chi connectivity index (χ2n) is 9.08. The summed E-state index contributed by atoms with van der Waals surface area (Å²) in [6, 6.07) is 27.6. The molecule has 33 heavy (non-hydrogen) atoms. The van der Waals surface area contributed by atoms with E-state index in [1.165, 1.54) is 11.1 Å².